The number of carboxylic acids is 1. The molecule has 5 rings (SSSR count). The first-order chi connectivity index (χ1) is 15.8. The monoisotopic (exact) mass is 477 g/mol. The van der Waals surface area contributed by atoms with Crippen molar-refractivity contribution in [2.75, 3.05) is 44.3 Å². The molecule has 3 saturated heterocycles. The third-order valence-corrected chi connectivity index (χ3v) is 8.17. The minimum absolute atomic E-state index is 0.0703. The Balaban J connectivity index is 1.23. The number of β-lactam (4-membered cyclic amide) rings is 1. The Morgan fingerprint density at radius 3 is 2.64 bits per heavy atom. The SMILES string of the molecule is C[C@@H](O)[C@H]1C(=O)N2C(C(=O)[O-])=C(SC3CN(c4nc(C(=O)N5CCOCC5)co4)C3)[C@H](C)[C@H]12. The second kappa shape index (κ2) is 8.33. The van der Waals surface area contributed by atoms with E-state index in [9.17, 15) is 24.6 Å². The van der Waals surface area contributed by atoms with Gasteiger partial charge < -0.3 is 38.9 Å². The number of aliphatic hydroxyl groups is 1. The summed E-state index contributed by atoms with van der Waals surface area (Å²) in [7, 11) is 0. The standard InChI is InChI=1S/C21H26N4O7S/c1-10-15-14(11(2)26)19(28)25(15)16(20(29)30)17(10)33-12-7-24(8-12)21-22-13(9-32-21)18(27)23-3-5-31-6-4-23/h9-12,14-15,26H,3-8H2,1-2H3,(H,29,30)/p-1/t10-,11-,14-,15-/m1/s1. The number of aliphatic carboxylic acids is 1. The number of aromatic nitrogens is 1. The lowest BCUT2D eigenvalue weighted by molar-refractivity contribution is -0.301. The van der Waals surface area contributed by atoms with E-state index in [-0.39, 0.29) is 40.4 Å². The zero-order chi connectivity index (χ0) is 23.4. The molecule has 3 fully saturated rings. The average Bonchev–Trinajstić information content (AvgIpc) is 3.32. The molecule has 4 atom stereocenters. The Bertz CT molecular complexity index is 1010. The number of rotatable bonds is 6. The number of oxazole rings is 1. The van der Waals surface area contributed by atoms with Crippen molar-refractivity contribution in [2.45, 2.75) is 31.2 Å². The molecule has 0 spiro atoms. The number of carboxylic acid groups (broad SMARTS) is 1. The first-order valence-corrected chi connectivity index (χ1v) is 11.9. The zero-order valence-corrected chi connectivity index (χ0v) is 19.1. The van der Waals surface area contributed by atoms with Crippen LogP contribution in [0.4, 0.5) is 6.01 Å². The summed E-state index contributed by atoms with van der Waals surface area (Å²) in [5.41, 5.74) is 0.175. The van der Waals surface area contributed by atoms with Crippen LogP contribution in [-0.2, 0) is 14.3 Å². The fourth-order valence-corrected chi connectivity index (χ4v) is 6.47. The van der Waals surface area contributed by atoms with Crippen molar-refractivity contribution >= 4 is 35.6 Å². The van der Waals surface area contributed by atoms with Crippen molar-refractivity contribution in [3.05, 3.63) is 22.6 Å². The van der Waals surface area contributed by atoms with Gasteiger partial charge in [0, 0.05) is 42.3 Å². The second-order valence-electron chi connectivity index (χ2n) is 8.82. The quantitative estimate of drug-likeness (QED) is 0.502. The molecule has 1 aromatic rings. The first kappa shape index (κ1) is 22.2. The van der Waals surface area contributed by atoms with Crippen molar-refractivity contribution < 1.29 is 33.8 Å². The molecule has 0 aliphatic carbocycles. The second-order valence-corrected chi connectivity index (χ2v) is 10.2. The third kappa shape index (κ3) is 3.60. The van der Waals surface area contributed by atoms with E-state index in [1.807, 2.05) is 11.8 Å². The molecule has 33 heavy (non-hydrogen) atoms. The lowest BCUT2D eigenvalue weighted by atomic mass is 9.79. The number of aliphatic hydroxyl groups excluding tert-OH is 1. The number of anilines is 1. The molecule has 0 aromatic carbocycles. The van der Waals surface area contributed by atoms with Crippen molar-refractivity contribution in [3.8, 4) is 0 Å². The molecular weight excluding hydrogens is 452 g/mol. The fraction of sp³-hybridized carbons (Fsp3) is 0.619. The molecule has 0 bridgehead atoms. The number of carbonyl (C=O) groups is 3. The van der Waals surface area contributed by atoms with E-state index in [0.29, 0.717) is 50.3 Å². The Labute approximate surface area is 194 Å². The van der Waals surface area contributed by atoms with E-state index < -0.39 is 18.0 Å². The van der Waals surface area contributed by atoms with E-state index in [1.165, 1.54) is 22.9 Å². The average molecular weight is 478 g/mol. The van der Waals surface area contributed by atoms with Gasteiger partial charge in [0.15, 0.2) is 5.69 Å². The van der Waals surface area contributed by atoms with Crippen molar-refractivity contribution in [3.63, 3.8) is 0 Å². The number of carbonyl (C=O) groups excluding carboxylic acids is 3. The molecule has 4 aliphatic rings. The highest BCUT2D eigenvalue weighted by Gasteiger charge is 2.59. The van der Waals surface area contributed by atoms with Crippen LogP contribution in [0.3, 0.4) is 0 Å². The molecule has 1 aromatic heterocycles. The van der Waals surface area contributed by atoms with Gasteiger partial charge in [-0.15, -0.1) is 11.8 Å². The summed E-state index contributed by atoms with van der Waals surface area (Å²) in [6.07, 6.45) is 0.517. The van der Waals surface area contributed by atoms with Gasteiger partial charge in [-0.25, -0.2) is 0 Å². The minimum Gasteiger partial charge on any atom is -0.543 e. The summed E-state index contributed by atoms with van der Waals surface area (Å²) in [5, 5.41) is 21.8. The molecule has 0 unspecified atom stereocenters. The van der Waals surface area contributed by atoms with Gasteiger partial charge in [0.1, 0.15) is 6.26 Å². The summed E-state index contributed by atoms with van der Waals surface area (Å²) < 4.78 is 10.8. The molecule has 2 amide bonds. The van der Waals surface area contributed by atoms with Gasteiger partial charge in [-0.05, 0) is 6.92 Å². The van der Waals surface area contributed by atoms with E-state index in [2.05, 4.69) is 4.98 Å². The number of morpholine rings is 1. The van der Waals surface area contributed by atoms with Crippen LogP contribution < -0.4 is 10.0 Å². The lowest BCUT2D eigenvalue weighted by Gasteiger charge is -2.47. The molecular formula is C21H25N4O7S-. The van der Waals surface area contributed by atoms with Gasteiger partial charge in [-0.1, -0.05) is 6.92 Å². The summed E-state index contributed by atoms with van der Waals surface area (Å²) in [4.78, 5) is 46.6. The van der Waals surface area contributed by atoms with Crippen LogP contribution in [-0.4, -0.2) is 94.5 Å². The van der Waals surface area contributed by atoms with Crippen molar-refractivity contribution in [1.29, 1.82) is 0 Å². The normalized spacial score (nSPS) is 28.5. The topological polar surface area (TPSA) is 139 Å². The Morgan fingerprint density at radius 1 is 1.30 bits per heavy atom. The van der Waals surface area contributed by atoms with Gasteiger partial charge in [-0.2, -0.15) is 4.98 Å². The van der Waals surface area contributed by atoms with Crippen LogP contribution in [0.5, 0.6) is 0 Å². The lowest BCUT2D eigenvalue weighted by Crippen LogP contribution is -2.64. The largest absolute Gasteiger partial charge is 0.543 e. The molecule has 178 valence electrons. The number of ether oxygens (including phenoxy) is 1. The maximum absolute atomic E-state index is 12.5. The Morgan fingerprint density at radius 2 is 2.00 bits per heavy atom. The van der Waals surface area contributed by atoms with Crippen LogP contribution in [0, 0.1) is 11.8 Å². The third-order valence-electron chi connectivity index (χ3n) is 6.72. The number of hydrogen-bond acceptors (Lipinski definition) is 10. The predicted octanol–water partition coefficient (Wildman–Crippen LogP) is -1.11. The summed E-state index contributed by atoms with van der Waals surface area (Å²) in [6, 6.07) is -0.00483. The van der Waals surface area contributed by atoms with Crippen LogP contribution in [0.25, 0.3) is 0 Å². The van der Waals surface area contributed by atoms with Crippen molar-refractivity contribution in [2.24, 2.45) is 11.8 Å². The van der Waals surface area contributed by atoms with Gasteiger partial charge in [-0.3, -0.25) is 9.59 Å². The van der Waals surface area contributed by atoms with Crippen LogP contribution in [0.15, 0.2) is 21.3 Å². The fourth-order valence-electron chi connectivity index (χ4n) is 4.95. The van der Waals surface area contributed by atoms with Crippen LogP contribution in [0.1, 0.15) is 24.3 Å². The Hall–Kier alpha value is -2.57. The summed E-state index contributed by atoms with van der Waals surface area (Å²) >= 11 is 1.42. The predicted molar refractivity (Wildman–Crippen MR) is 114 cm³/mol. The van der Waals surface area contributed by atoms with Gasteiger partial charge in [0.2, 0.25) is 5.91 Å². The van der Waals surface area contributed by atoms with Gasteiger partial charge >= 0.3 is 0 Å². The molecule has 1 N–H and O–H groups in total. The minimum atomic E-state index is -1.38. The number of fused-ring (bicyclic) bond motifs is 1. The highest BCUT2D eigenvalue weighted by atomic mass is 32.2. The molecule has 0 radical (unpaired) electrons. The Kier molecular flexibility index (Phi) is 5.61. The number of hydrogen-bond donors (Lipinski definition) is 1. The maximum atomic E-state index is 12.5. The zero-order valence-electron chi connectivity index (χ0n) is 18.3. The van der Waals surface area contributed by atoms with E-state index >= 15 is 0 Å². The van der Waals surface area contributed by atoms with Crippen molar-refractivity contribution in [1.82, 2.24) is 14.8 Å². The molecule has 0 saturated carbocycles. The maximum Gasteiger partial charge on any atom is 0.298 e. The van der Waals surface area contributed by atoms with E-state index in [1.54, 1.807) is 11.8 Å². The molecule has 12 heteroatoms. The number of amides is 2. The van der Waals surface area contributed by atoms with E-state index in [4.69, 9.17) is 9.15 Å². The van der Waals surface area contributed by atoms with Gasteiger partial charge in [0.25, 0.3) is 11.9 Å². The highest BCUT2D eigenvalue weighted by molar-refractivity contribution is 8.03. The molecule has 5 heterocycles. The summed E-state index contributed by atoms with van der Waals surface area (Å²) in [5.74, 6) is -2.73. The van der Waals surface area contributed by atoms with E-state index in [0.717, 1.165) is 0 Å². The number of nitrogens with zero attached hydrogens (tertiary/aromatic N) is 4. The van der Waals surface area contributed by atoms with Crippen LogP contribution in [0.2, 0.25) is 0 Å². The van der Waals surface area contributed by atoms with Gasteiger partial charge in [0.05, 0.1) is 42.9 Å². The van der Waals surface area contributed by atoms with Crippen LogP contribution >= 0.6 is 11.8 Å². The highest BCUT2D eigenvalue weighted by Crippen LogP contribution is 2.51. The molecule has 4 aliphatic heterocycles. The molecule has 11 nitrogen and oxygen atoms in total. The summed E-state index contributed by atoms with van der Waals surface area (Å²) in [6.45, 7) is 6.61. The first-order valence-electron chi connectivity index (χ1n) is 11.0. The smallest absolute Gasteiger partial charge is 0.298 e. The number of thioether (sulfide) groups is 1.